The van der Waals surface area contributed by atoms with E-state index in [4.69, 9.17) is 0 Å². The Morgan fingerprint density at radius 3 is 0.830 bits per heavy atom. The lowest BCUT2D eigenvalue weighted by Gasteiger charge is -2.44. The number of hydrogen-bond donors (Lipinski definition) is 0. The molecule has 0 N–H and O–H groups in total. The molecule has 0 spiro atoms. The van der Waals surface area contributed by atoms with Crippen LogP contribution in [0.15, 0.2) is 121 Å². The van der Waals surface area contributed by atoms with Crippen molar-refractivity contribution in [1.82, 2.24) is 0 Å². The third-order valence-corrected chi connectivity index (χ3v) is 9.62. The van der Waals surface area contributed by atoms with Crippen LogP contribution in [0, 0.1) is 6.92 Å². The van der Waals surface area contributed by atoms with E-state index in [1.807, 2.05) is 12.1 Å². The van der Waals surface area contributed by atoms with E-state index in [0.29, 0.717) is 54.3 Å². The van der Waals surface area contributed by atoms with Gasteiger partial charge in [-0.1, -0.05) is 127 Å². The monoisotopic (exact) mass is 774 g/mol. The molecule has 0 aromatic heterocycles. The van der Waals surface area contributed by atoms with Crippen molar-refractivity contribution in [3.63, 3.8) is 0 Å². The summed E-state index contributed by atoms with van der Waals surface area (Å²) in [6.07, 6.45) is -18.4. The second-order valence-electron chi connectivity index (χ2n) is 12.9. The van der Waals surface area contributed by atoms with E-state index in [2.05, 4.69) is 19.1 Å². The molecule has 0 radical (unpaired) electrons. The second-order valence-corrected chi connectivity index (χ2v) is 16.1. The van der Waals surface area contributed by atoms with Gasteiger partial charge < -0.3 is 0 Å². The van der Waals surface area contributed by atoms with E-state index in [9.17, 15) is 56.9 Å². The van der Waals surface area contributed by atoms with Gasteiger partial charge in [-0.05, 0) is 6.92 Å². The Morgan fingerprint density at radius 2 is 0.642 bits per heavy atom. The lowest BCUT2D eigenvalue weighted by Crippen LogP contribution is -2.74. The fourth-order valence-corrected chi connectivity index (χ4v) is 7.08. The molecular weight excluding hydrogens is 743 g/mol. The molecule has 0 unspecified atom stereocenters. The van der Waals surface area contributed by atoms with Crippen molar-refractivity contribution < 1.29 is 56.9 Å². The average molecular weight is 775 g/mol. The fourth-order valence-electron chi connectivity index (χ4n) is 6.08. The van der Waals surface area contributed by atoms with Crippen LogP contribution in [0.4, 0.5) is 52.7 Å². The molecule has 53 heavy (non-hydrogen) atoms. The SMILES string of the molecule is Cc1ccc(C[S+](C)(C)=O)cc1.FC(F)(F)c1ccc([B-](c2ccc(C(F)(F)F)cc2)(c2ccc(C(F)(F)F)cc2)c2ccc(C(F)(F)F)cc2)cc1. The summed E-state index contributed by atoms with van der Waals surface area (Å²) in [5.41, 5.74) is -1.88. The van der Waals surface area contributed by atoms with Gasteiger partial charge in [0.25, 0.3) is 0 Å². The van der Waals surface area contributed by atoms with E-state index in [0.717, 1.165) is 54.1 Å². The zero-order chi connectivity index (χ0) is 39.6. The van der Waals surface area contributed by atoms with Crippen molar-refractivity contribution in [3.05, 3.63) is 155 Å². The minimum absolute atomic E-state index is 0.0114. The van der Waals surface area contributed by atoms with Crippen LogP contribution in [0.25, 0.3) is 0 Å². The van der Waals surface area contributed by atoms with Crippen LogP contribution in [0.5, 0.6) is 0 Å². The first kappa shape index (κ1) is 41.2. The first-order valence-corrected chi connectivity index (χ1v) is 18.2. The highest BCUT2D eigenvalue weighted by atomic mass is 32.2. The number of aryl methyl sites for hydroxylation is 1. The molecule has 0 aliphatic heterocycles. The minimum atomic E-state index is -4.77. The smallest absolute Gasteiger partial charge is 0.195 e. The summed E-state index contributed by atoms with van der Waals surface area (Å²) in [4.78, 5) is 0. The summed E-state index contributed by atoms with van der Waals surface area (Å²) in [5.74, 6) is 0.688. The quantitative estimate of drug-likeness (QED) is 0.0956. The maximum Gasteiger partial charge on any atom is 0.416 e. The molecule has 15 heteroatoms. The van der Waals surface area contributed by atoms with Crippen molar-refractivity contribution in [1.29, 1.82) is 0 Å². The van der Waals surface area contributed by atoms with E-state index in [1.54, 1.807) is 12.5 Å². The zero-order valence-electron chi connectivity index (χ0n) is 28.2. The first-order valence-electron chi connectivity index (χ1n) is 15.7. The number of alkyl halides is 12. The van der Waals surface area contributed by atoms with E-state index < -0.39 is 63.0 Å². The molecule has 0 atom stereocenters. The Morgan fingerprint density at radius 1 is 0.415 bits per heavy atom. The van der Waals surface area contributed by atoms with E-state index in [-0.39, 0.29) is 21.9 Å². The summed E-state index contributed by atoms with van der Waals surface area (Å²) in [6, 6.07) is 21.8. The fraction of sp³-hybridized carbons (Fsp3) is 0.211. The van der Waals surface area contributed by atoms with Crippen molar-refractivity contribution in [2.75, 3.05) is 12.5 Å². The van der Waals surface area contributed by atoms with Gasteiger partial charge in [-0.15, -0.1) is 4.21 Å². The van der Waals surface area contributed by atoms with Crippen molar-refractivity contribution >= 4 is 37.9 Å². The topological polar surface area (TPSA) is 17.1 Å². The zero-order valence-corrected chi connectivity index (χ0v) is 29.0. The largest absolute Gasteiger partial charge is 0.416 e. The summed E-state index contributed by atoms with van der Waals surface area (Å²) < 4.78 is 172. The molecule has 0 aliphatic rings. The summed E-state index contributed by atoms with van der Waals surface area (Å²) in [7, 11) is -1.64. The van der Waals surface area contributed by atoms with E-state index >= 15 is 0 Å². The third kappa shape index (κ3) is 10.1. The van der Waals surface area contributed by atoms with Gasteiger partial charge in [-0.2, -0.15) is 74.5 Å². The molecule has 0 amide bonds. The maximum atomic E-state index is 13.3. The Labute approximate surface area is 299 Å². The van der Waals surface area contributed by atoms with Crippen LogP contribution < -0.4 is 21.9 Å². The molecule has 282 valence electrons. The molecular formula is C38H31BF12OS. The highest BCUT2D eigenvalue weighted by Gasteiger charge is 2.38. The highest BCUT2D eigenvalue weighted by molar-refractivity contribution is 8.00. The molecule has 0 bridgehead atoms. The van der Waals surface area contributed by atoms with E-state index in [1.165, 1.54) is 5.56 Å². The Bertz CT molecular complexity index is 1770. The predicted molar refractivity (Wildman–Crippen MR) is 185 cm³/mol. The number of benzene rings is 5. The van der Waals surface area contributed by atoms with Gasteiger partial charge in [-0.3, -0.25) is 0 Å². The molecule has 0 saturated heterocycles. The van der Waals surface area contributed by atoms with Gasteiger partial charge in [0.05, 0.1) is 32.2 Å². The lowest BCUT2D eigenvalue weighted by molar-refractivity contribution is -0.138. The molecule has 0 fully saturated rings. The lowest BCUT2D eigenvalue weighted by atomic mass is 9.13. The Hall–Kier alpha value is -4.53. The average Bonchev–Trinajstić information content (AvgIpc) is 3.05. The summed E-state index contributed by atoms with van der Waals surface area (Å²) >= 11 is 0. The molecule has 0 aliphatic carbocycles. The van der Waals surface area contributed by atoms with Crippen LogP contribution in [-0.4, -0.2) is 18.7 Å². The molecule has 5 rings (SSSR count). The Kier molecular flexibility index (Phi) is 11.7. The Balaban J connectivity index is 0.000000443. The molecule has 5 aromatic carbocycles. The van der Waals surface area contributed by atoms with Crippen molar-refractivity contribution in [2.24, 2.45) is 0 Å². The summed E-state index contributed by atoms with van der Waals surface area (Å²) in [6.45, 7) is 2.05. The number of rotatable bonds is 6. The molecule has 0 saturated carbocycles. The standard InChI is InChI=1S/C28H16BF12.C10H15OS/c30-25(31,32)17-1-9-21(10-2-17)29(22-11-3-18(4-12-22)26(33,34)35,23-13-5-19(6-14-23)27(36,37)38)24-15-7-20(8-16-24)28(39,40)41;1-9-4-6-10(7-5-9)8-12(2,3)11/h1-16H;4-7H,8H2,1-3H3/q-1;+1. The van der Waals surface area contributed by atoms with Crippen LogP contribution in [0.3, 0.4) is 0 Å². The van der Waals surface area contributed by atoms with Crippen molar-refractivity contribution in [2.45, 2.75) is 37.4 Å². The summed E-state index contributed by atoms with van der Waals surface area (Å²) in [5, 5.41) is 0. The van der Waals surface area contributed by atoms with Crippen LogP contribution >= 0.6 is 0 Å². The van der Waals surface area contributed by atoms with Gasteiger partial charge in [0.15, 0.2) is 0 Å². The molecule has 5 aromatic rings. The predicted octanol–water partition coefficient (Wildman–Crippen LogP) is 9.39. The minimum Gasteiger partial charge on any atom is -0.195 e. The van der Waals surface area contributed by atoms with Gasteiger partial charge >= 0.3 is 24.7 Å². The first-order chi connectivity index (χ1) is 24.3. The van der Waals surface area contributed by atoms with Gasteiger partial charge in [0.1, 0.15) is 24.4 Å². The highest BCUT2D eigenvalue weighted by Crippen LogP contribution is 2.32. The van der Waals surface area contributed by atoms with Crippen LogP contribution in [-0.2, 0) is 44.6 Å². The third-order valence-electron chi connectivity index (χ3n) is 8.59. The van der Waals surface area contributed by atoms with Crippen LogP contribution in [0.1, 0.15) is 33.4 Å². The van der Waals surface area contributed by atoms with Gasteiger partial charge in [-0.25, -0.2) is 0 Å². The van der Waals surface area contributed by atoms with Crippen LogP contribution in [0.2, 0.25) is 0 Å². The number of halogens is 12. The molecule has 1 nitrogen and oxygen atoms in total. The van der Waals surface area contributed by atoms with Gasteiger partial charge in [0, 0.05) is 5.56 Å². The van der Waals surface area contributed by atoms with Crippen molar-refractivity contribution in [3.8, 4) is 0 Å². The second kappa shape index (κ2) is 15.1. The maximum absolute atomic E-state index is 13.3. The van der Waals surface area contributed by atoms with Gasteiger partial charge in [0.2, 0.25) is 0 Å². The normalized spacial score (nSPS) is 13.0. The molecule has 0 heterocycles. The number of hydrogen-bond acceptors (Lipinski definition) is 1.